The second-order valence-electron chi connectivity index (χ2n) is 4.39. The average molecular weight is 222 g/mol. The Labute approximate surface area is 95.0 Å². The average Bonchev–Trinajstić information content (AvgIpc) is 2.27. The molecule has 0 aliphatic carbocycles. The Hall–Kier alpha value is -1.29. The van der Waals surface area contributed by atoms with Crippen molar-refractivity contribution >= 4 is 5.69 Å². The standard InChI is InChI=1S/C12H18N2O2/c1-9-6-12(15)14(8-11(9)13)7-10-4-2-3-5-16-10/h6,8,10H,2-5,7,13H2,1H3. The third-order valence-corrected chi connectivity index (χ3v) is 3.05. The number of pyridine rings is 1. The van der Waals surface area contributed by atoms with Gasteiger partial charge in [-0.05, 0) is 31.7 Å². The zero-order valence-electron chi connectivity index (χ0n) is 9.61. The number of aryl methyl sites for hydroxylation is 1. The van der Waals surface area contributed by atoms with Crippen molar-refractivity contribution in [2.45, 2.75) is 38.8 Å². The summed E-state index contributed by atoms with van der Waals surface area (Å²) in [4.78, 5) is 11.7. The summed E-state index contributed by atoms with van der Waals surface area (Å²) in [6.07, 6.45) is 5.21. The number of hydrogen-bond acceptors (Lipinski definition) is 3. The molecule has 1 fully saturated rings. The second-order valence-corrected chi connectivity index (χ2v) is 4.39. The Morgan fingerprint density at radius 2 is 2.38 bits per heavy atom. The van der Waals surface area contributed by atoms with Crippen LogP contribution >= 0.6 is 0 Å². The van der Waals surface area contributed by atoms with Crippen molar-refractivity contribution < 1.29 is 4.74 Å². The van der Waals surface area contributed by atoms with Gasteiger partial charge in [-0.15, -0.1) is 0 Å². The molecule has 0 saturated carbocycles. The van der Waals surface area contributed by atoms with Gasteiger partial charge in [0.25, 0.3) is 5.56 Å². The molecule has 88 valence electrons. The van der Waals surface area contributed by atoms with Crippen molar-refractivity contribution in [3.05, 3.63) is 28.2 Å². The number of anilines is 1. The highest BCUT2D eigenvalue weighted by Crippen LogP contribution is 2.14. The monoisotopic (exact) mass is 222 g/mol. The number of nitrogen functional groups attached to an aromatic ring is 1. The van der Waals surface area contributed by atoms with Gasteiger partial charge in [0.1, 0.15) is 0 Å². The van der Waals surface area contributed by atoms with Gasteiger partial charge in [0.05, 0.1) is 18.3 Å². The Morgan fingerprint density at radius 3 is 3.06 bits per heavy atom. The molecule has 16 heavy (non-hydrogen) atoms. The fourth-order valence-electron chi connectivity index (χ4n) is 2.00. The summed E-state index contributed by atoms with van der Waals surface area (Å²) in [5.41, 5.74) is 7.30. The van der Waals surface area contributed by atoms with Crippen molar-refractivity contribution in [3.8, 4) is 0 Å². The molecule has 1 unspecified atom stereocenters. The molecule has 1 aliphatic heterocycles. The van der Waals surface area contributed by atoms with E-state index < -0.39 is 0 Å². The lowest BCUT2D eigenvalue weighted by Gasteiger charge is -2.23. The Bertz CT molecular complexity index is 420. The van der Waals surface area contributed by atoms with Gasteiger partial charge in [-0.1, -0.05) is 0 Å². The first-order valence-corrected chi connectivity index (χ1v) is 5.75. The molecule has 2 N–H and O–H groups in total. The fourth-order valence-corrected chi connectivity index (χ4v) is 2.00. The molecule has 0 amide bonds. The predicted octanol–water partition coefficient (Wildman–Crippen LogP) is 1.31. The summed E-state index contributed by atoms with van der Waals surface area (Å²) in [6, 6.07) is 1.58. The van der Waals surface area contributed by atoms with Crippen LogP contribution in [-0.4, -0.2) is 17.3 Å². The summed E-state index contributed by atoms with van der Waals surface area (Å²) in [7, 11) is 0. The number of aromatic nitrogens is 1. The summed E-state index contributed by atoms with van der Waals surface area (Å²) < 4.78 is 7.26. The molecule has 2 rings (SSSR count). The summed E-state index contributed by atoms with van der Waals surface area (Å²) >= 11 is 0. The van der Waals surface area contributed by atoms with Crippen LogP contribution in [0.3, 0.4) is 0 Å². The minimum atomic E-state index is 0.000809. The molecular weight excluding hydrogens is 204 g/mol. The summed E-state index contributed by atoms with van der Waals surface area (Å²) in [6.45, 7) is 3.27. The van der Waals surface area contributed by atoms with Crippen LogP contribution in [0.4, 0.5) is 5.69 Å². The molecule has 1 aromatic rings. The molecule has 0 bridgehead atoms. The molecule has 0 spiro atoms. The molecule has 1 saturated heterocycles. The third-order valence-electron chi connectivity index (χ3n) is 3.05. The minimum Gasteiger partial charge on any atom is -0.397 e. The maximum atomic E-state index is 11.7. The predicted molar refractivity (Wildman–Crippen MR) is 63.4 cm³/mol. The van der Waals surface area contributed by atoms with Gasteiger partial charge in [0.15, 0.2) is 0 Å². The molecule has 4 nitrogen and oxygen atoms in total. The van der Waals surface area contributed by atoms with Crippen LogP contribution in [0.2, 0.25) is 0 Å². The van der Waals surface area contributed by atoms with E-state index in [0.717, 1.165) is 25.0 Å². The molecule has 0 aromatic carbocycles. The van der Waals surface area contributed by atoms with E-state index in [1.807, 2.05) is 6.92 Å². The number of nitrogens with zero attached hydrogens (tertiary/aromatic N) is 1. The zero-order valence-corrected chi connectivity index (χ0v) is 9.61. The third kappa shape index (κ3) is 2.44. The van der Waals surface area contributed by atoms with Crippen molar-refractivity contribution in [1.82, 2.24) is 4.57 Å². The van der Waals surface area contributed by atoms with Crippen molar-refractivity contribution in [2.75, 3.05) is 12.3 Å². The van der Waals surface area contributed by atoms with Gasteiger partial charge in [-0.2, -0.15) is 0 Å². The lowest BCUT2D eigenvalue weighted by atomic mass is 10.1. The Kier molecular flexibility index (Phi) is 3.29. The van der Waals surface area contributed by atoms with Crippen molar-refractivity contribution in [1.29, 1.82) is 0 Å². The first kappa shape index (κ1) is 11.2. The topological polar surface area (TPSA) is 57.2 Å². The van der Waals surface area contributed by atoms with Crippen molar-refractivity contribution in [2.24, 2.45) is 0 Å². The smallest absolute Gasteiger partial charge is 0.251 e. The Morgan fingerprint density at radius 1 is 1.56 bits per heavy atom. The molecule has 1 aromatic heterocycles. The van der Waals surface area contributed by atoms with Gasteiger partial charge in [0, 0.05) is 18.9 Å². The highest BCUT2D eigenvalue weighted by Gasteiger charge is 2.15. The van der Waals surface area contributed by atoms with Gasteiger partial charge in [-0.25, -0.2) is 0 Å². The lowest BCUT2D eigenvalue weighted by molar-refractivity contribution is 0.00545. The highest BCUT2D eigenvalue weighted by molar-refractivity contribution is 5.42. The van der Waals surface area contributed by atoms with Gasteiger partial charge in [-0.3, -0.25) is 4.79 Å². The van der Waals surface area contributed by atoms with E-state index in [0.29, 0.717) is 12.2 Å². The molecule has 2 heterocycles. The van der Waals surface area contributed by atoms with Crippen LogP contribution in [0.5, 0.6) is 0 Å². The SMILES string of the molecule is Cc1cc(=O)n(CC2CCCCO2)cc1N. The van der Waals surface area contributed by atoms with Crippen LogP contribution in [-0.2, 0) is 11.3 Å². The Balaban J connectivity index is 2.14. The van der Waals surface area contributed by atoms with Crippen LogP contribution in [0.25, 0.3) is 0 Å². The van der Waals surface area contributed by atoms with E-state index in [1.54, 1.807) is 16.8 Å². The van der Waals surface area contributed by atoms with E-state index in [-0.39, 0.29) is 11.7 Å². The molecule has 1 atom stereocenters. The summed E-state index contributed by atoms with van der Waals surface area (Å²) in [5.74, 6) is 0. The van der Waals surface area contributed by atoms with E-state index in [2.05, 4.69) is 0 Å². The molecule has 0 radical (unpaired) electrons. The quantitative estimate of drug-likeness (QED) is 0.820. The zero-order chi connectivity index (χ0) is 11.5. The van der Waals surface area contributed by atoms with Gasteiger partial charge < -0.3 is 15.0 Å². The maximum Gasteiger partial charge on any atom is 0.251 e. The van der Waals surface area contributed by atoms with Gasteiger partial charge in [0.2, 0.25) is 0 Å². The molecule has 4 heteroatoms. The summed E-state index contributed by atoms with van der Waals surface area (Å²) in [5, 5.41) is 0. The molecule has 1 aliphatic rings. The van der Waals surface area contributed by atoms with E-state index in [1.165, 1.54) is 6.42 Å². The number of rotatable bonds is 2. The van der Waals surface area contributed by atoms with Crippen LogP contribution in [0.15, 0.2) is 17.1 Å². The first-order chi connectivity index (χ1) is 7.66. The first-order valence-electron chi connectivity index (χ1n) is 5.75. The largest absolute Gasteiger partial charge is 0.397 e. The second kappa shape index (κ2) is 4.70. The maximum absolute atomic E-state index is 11.7. The van der Waals surface area contributed by atoms with Crippen LogP contribution in [0.1, 0.15) is 24.8 Å². The fraction of sp³-hybridized carbons (Fsp3) is 0.583. The van der Waals surface area contributed by atoms with Crippen LogP contribution in [0, 0.1) is 6.92 Å². The number of ether oxygens (including phenoxy) is 1. The minimum absolute atomic E-state index is 0.000809. The van der Waals surface area contributed by atoms with Crippen LogP contribution < -0.4 is 11.3 Å². The van der Waals surface area contributed by atoms with Gasteiger partial charge >= 0.3 is 0 Å². The highest BCUT2D eigenvalue weighted by atomic mass is 16.5. The lowest BCUT2D eigenvalue weighted by Crippen LogP contribution is -2.30. The van der Waals surface area contributed by atoms with E-state index in [9.17, 15) is 4.79 Å². The number of nitrogens with two attached hydrogens (primary N) is 1. The number of hydrogen-bond donors (Lipinski definition) is 1. The van der Waals surface area contributed by atoms with Crippen molar-refractivity contribution in [3.63, 3.8) is 0 Å². The van der Waals surface area contributed by atoms with E-state index >= 15 is 0 Å². The molecular formula is C12H18N2O2. The normalized spacial score (nSPS) is 20.9. The van der Waals surface area contributed by atoms with E-state index in [4.69, 9.17) is 10.5 Å².